The van der Waals surface area contributed by atoms with Crippen LogP contribution in [0.5, 0.6) is 0 Å². The molecule has 0 aromatic heterocycles. The molecule has 0 aliphatic heterocycles. The van der Waals surface area contributed by atoms with Gasteiger partial charge >= 0.3 is 0 Å². The number of carbonyl (C=O) groups excluding carboxylic acids is 1. The van der Waals surface area contributed by atoms with Gasteiger partial charge in [0, 0.05) is 17.8 Å². The van der Waals surface area contributed by atoms with Crippen molar-refractivity contribution in [2.45, 2.75) is 6.92 Å². The van der Waals surface area contributed by atoms with Crippen LogP contribution in [-0.2, 0) is 0 Å². The van der Waals surface area contributed by atoms with E-state index in [-0.39, 0.29) is 5.78 Å². The van der Waals surface area contributed by atoms with Gasteiger partial charge in [0.05, 0.1) is 0 Å². The van der Waals surface area contributed by atoms with Crippen LogP contribution in [0.4, 0.5) is 5.69 Å². The summed E-state index contributed by atoms with van der Waals surface area (Å²) in [6.45, 7) is 2.33. The maximum absolute atomic E-state index is 11.2. The zero-order valence-electron chi connectivity index (χ0n) is 9.08. The number of Topliss-reactive ketones (excluding diaryl/α,β-unsaturated/α-hetero) is 1. The minimum absolute atomic E-state index is 0.00336. The Bertz CT molecular complexity index is 383. The van der Waals surface area contributed by atoms with Gasteiger partial charge < -0.3 is 11.1 Å². The van der Waals surface area contributed by atoms with Crippen molar-refractivity contribution in [1.82, 2.24) is 5.32 Å². The molecule has 0 atom stereocenters. The lowest BCUT2D eigenvalue weighted by atomic mass is 10.1. The molecule has 0 heterocycles. The fourth-order valence-electron chi connectivity index (χ4n) is 1.30. The number of ketones is 1. The van der Waals surface area contributed by atoms with E-state index in [0.717, 1.165) is 12.1 Å². The van der Waals surface area contributed by atoms with Gasteiger partial charge in [-0.2, -0.15) is 0 Å². The lowest BCUT2D eigenvalue weighted by Crippen LogP contribution is -2.03. The van der Waals surface area contributed by atoms with Gasteiger partial charge in [0.2, 0.25) is 0 Å². The summed E-state index contributed by atoms with van der Waals surface area (Å²) in [5.74, 6) is -0.00336. The van der Waals surface area contributed by atoms with Gasteiger partial charge in [-0.05, 0) is 31.7 Å². The SMILES string of the molecule is CNCC=Cc1ccc(N)c(C(C)=O)c1. The summed E-state index contributed by atoms with van der Waals surface area (Å²) in [6, 6.07) is 5.47. The molecule has 1 aromatic carbocycles. The predicted molar refractivity (Wildman–Crippen MR) is 63.8 cm³/mol. The highest BCUT2D eigenvalue weighted by Crippen LogP contribution is 2.15. The number of likely N-dealkylation sites (N-methyl/N-ethyl adjacent to an activating group) is 1. The van der Waals surface area contributed by atoms with Crippen molar-refractivity contribution in [3.05, 3.63) is 35.4 Å². The Morgan fingerprint density at radius 2 is 2.27 bits per heavy atom. The minimum Gasteiger partial charge on any atom is -0.398 e. The predicted octanol–water partition coefficient (Wildman–Crippen LogP) is 1.70. The average Bonchev–Trinajstić information content (AvgIpc) is 2.20. The maximum atomic E-state index is 11.2. The van der Waals surface area contributed by atoms with Gasteiger partial charge in [0.15, 0.2) is 5.78 Å². The summed E-state index contributed by atoms with van der Waals surface area (Å²) in [5, 5.41) is 3.01. The number of carbonyl (C=O) groups is 1. The van der Waals surface area contributed by atoms with E-state index in [0.29, 0.717) is 11.3 Å². The Morgan fingerprint density at radius 1 is 1.53 bits per heavy atom. The normalized spacial score (nSPS) is 10.8. The monoisotopic (exact) mass is 204 g/mol. The van der Waals surface area contributed by atoms with Gasteiger partial charge in [0.25, 0.3) is 0 Å². The molecule has 0 fully saturated rings. The molecule has 0 bridgehead atoms. The number of rotatable bonds is 4. The van der Waals surface area contributed by atoms with Crippen molar-refractivity contribution in [2.24, 2.45) is 0 Å². The topological polar surface area (TPSA) is 55.1 Å². The first-order valence-electron chi connectivity index (χ1n) is 4.86. The second kappa shape index (κ2) is 5.32. The van der Waals surface area contributed by atoms with Crippen LogP contribution < -0.4 is 11.1 Å². The van der Waals surface area contributed by atoms with Crippen LogP contribution in [0, 0.1) is 0 Å². The smallest absolute Gasteiger partial charge is 0.161 e. The molecule has 15 heavy (non-hydrogen) atoms. The Morgan fingerprint density at radius 3 is 2.87 bits per heavy atom. The number of hydrogen-bond acceptors (Lipinski definition) is 3. The molecule has 0 amide bonds. The minimum atomic E-state index is -0.00336. The van der Waals surface area contributed by atoms with Crippen molar-refractivity contribution in [2.75, 3.05) is 19.3 Å². The quantitative estimate of drug-likeness (QED) is 0.580. The van der Waals surface area contributed by atoms with Crippen molar-refractivity contribution < 1.29 is 4.79 Å². The summed E-state index contributed by atoms with van der Waals surface area (Å²) >= 11 is 0. The van der Waals surface area contributed by atoms with E-state index in [1.807, 2.05) is 31.3 Å². The molecule has 0 saturated carbocycles. The lowest BCUT2D eigenvalue weighted by Gasteiger charge is -2.02. The number of benzene rings is 1. The molecule has 0 spiro atoms. The van der Waals surface area contributed by atoms with Crippen LogP contribution in [0.3, 0.4) is 0 Å². The summed E-state index contributed by atoms with van der Waals surface area (Å²) < 4.78 is 0. The fraction of sp³-hybridized carbons (Fsp3) is 0.250. The molecule has 80 valence electrons. The molecule has 0 unspecified atom stereocenters. The van der Waals surface area contributed by atoms with Crippen LogP contribution in [0.1, 0.15) is 22.8 Å². The molecule has 3 N–H and O–H groups in total. The summed E-state index contributed by atoms with van der Waals surface area (Å²) in [6.07, 6.45) is 3.96. The summed E-state index contributed by atoms with van der Waals surface area (Å²) in [4.78, 5) is 11.2. The van der Waals surface area contributed by atoms with E-state index >= 15 is 0 Å². The first-order valence-corrected chi connectivity index (χ1v) is 4.86. The van der Waals surface area contributed by atoms with Crippen LogP contribution in [0.25, 0.3) is 6.08 Å². The zero-order valence-corrected chi connectivity index (χ0v) is 9.08. The van der Waals surface area contributed by atoms with Crippen molar-refractivity contribution in [1.29, 1.82) is 0 Å². The average molecular weight is 204 g/mol. The first kappa shape index (κ1) is 11.5. The molecule has 1 rings (SSSR count). The molecule has 0 aliphatic carbocycles. The molecule has 1 aromatic rings. The summed E-state index contributed by atoms with van der Waals surface area (Å²) in [7, 11) is 1.88. The number of nitrogen functional groups attached to an aromatic ring is 1. The Kier molecular flexibility index (Phi) is 4.06. The number of nitrogens with one attached hydrogen (secondary N) is 1. The van der Waals surface area contributed by atoms with Crippen LogP contribution in [0.2, 0.25) is 0 Å². The molecule has 0 saturated heterocycles. The maximum Gasteiger partial charge on any atom is 0.161 e. The van der Waals surface area contributed by atoms with E-state index in [4.69, 9.17) is 5.73 Å². The largest absolute Gasteiger partial charge is 0.398 e. The molecular formula is C12H16N2O. The number of hydrogen-bond donors (Lipinski definition) is 2. The van der Waals surface area contributed by atoms with E-state index < -0.39 is 0 Å². The molecular weight excluding hydrogens is 188 g/mol. The zero-order chi connectivity index (χ0) is 11.3. The fourth-order valence-corrected chi connectivity index (χ4v) is 1.30. The van der Waals surface area contributed by atoms with Gasteiger partial charge in [-0.1, -0.05) is 18.2 Å². The van der Waals surface area contributed by atoms with Gasteiger partial charge in [-0.15, -0.1) is 0 Å². The van der Waals surface area contributed by atoms with Gasteiger partial charge in [-0.3, -0.25) is 4.79 Å². The number of nitrogens with two attached hydrogens (primary N) is 1. The van der Waals surface area contributed by atoms with Crippen LogP contribution in [0.15, 0.2) is 24.3 Å². The van der Waals surface area contributed by atoms with Gasteiger partial charge in [-0.25, -0.2) is 0 Å². The highest BCUT2D eigenvalue weighted by Gasteiger charge is 2.03. The third kappa shape index (κ3) is 3.22. The van der Waals surface area contributed by atoms with E-state index in [1.54, 1.807) is 6.07 Å². The standard InChI is InChI=1S/C12H16N2O/c1-9(15)11-8-10(4-3-7-14-2)5-6-12(11)13/h3-6,8,14H,7,13H2,1-2H3. The van der Waals surface area contributed by atoms with Crippen LogP contribution >= 0.6 is 0 Å². The van der Waals surface area contributed by atoms with E-state index in [2.05, 4.69) is 5.32 Å². The lowest BCUT2D eigenvalue weighted by molar-refractivity contribution is 0.101. The van der Waals surface area contributed by atoms with Crippen LogP contribution in [-0.4, -0.2) is 19.4 Å². The second-order valence-electron chi connectivity index (χ2n) is 3.36. The molecule has 0 radical (unpaired) electrons. The van der Waals surface area contributed by atoms with E-state index in [9.17, 15) is 4.79 Å². The Hall–Kier alpha value is -1.61. The Balaban J connectivity index is 2.92. The molecule has 3 heteroatoms. The first-order chi connectivity index (χ1) is 7.15. The molecule has 0 aliphatic rings. The Labute approximate surface area is 90.0 Å². The number of anilines is 1. The molecule has 3 nitrogen and oxygen atoms in total. The third-order valence-electron chi connectivity index (χ3n) is 2.09. The van der Waals surface area contributed by atoms with Crippen molar-refractivity contribution >= 4 is 17.5 Å². The second-order valence-corrected chi connectivity index (χ2v) is 3.36. The van der Waals surface area contributed by atoms with Gasteiger partial charge in [0.1, 0.15) is 0 Å². The highest BCUT2D eigenvalue weighted by molar-refractivity contribution is 5.99. The van der Waals surface area contributed by atoms with Crippen molar-refractivity contribution in [3.8, 4) is 0 Å². The third-order valence-corrected chi connectivity index (χ3v) is 2.09. The summed E-state index contributed by atoms with van der Waals surface area (Å²) in [5.41, 5.74) is 7.80. The highest BCUT2D eigenvalue weighted by atomic mass is 16.1. The van der Waals surface area contributed by atoms with E-state index in [1.165, 1.54) is 6.92 Å². The van der Waals surface area contributed by atoms with Crippen molar-refractivity contribution in [3.63, 3.8) is 0 Å².